The molecule has 0 saturated heterocycles. The Labute approximate surface area is 130 Å². The van der Waals surface area contributed by atoms with Crippen molar-refractivity contribution in [2.75, 3.05) is 0 Å². The Bertz CT molecular complexity index is 561. The summed E-state index contributed by atoms with van der Waals surface area (Å²) in [5.74, 6) is 0. The average Bonchev–Trinajstić information content (AvgIpc) is 2.30. The van der Waals surface area contributed by atoms with Gasteiger partial charge in [0.25, 0.3) is 0 Å². The zero-order chi connectivity index (χ0) is 13.3. The molecule has 0 aromatic heterocycles. The number of alkyl halides is 1. The van der Waals surface area contributed by atoms with Crippen LogP contribution in [0.2, 0.25) is 15.1 Å². The van der Waals surface area contributed by atoms with Gasteiger partial charge in [0.1, 0.15) is 0 Å². The predicted molar refractivity (Wildman–Crippen MR) is 83.4 cm³/mol. The van der Waals surface area contributed by atoms with Crippen molar-refractivity contribution in [1.82, 2.24) is 0 Å². The van der Waals surface area contributed by atoms with Gasteiger partial charge in [0, 0.05) is 5.02 Å². The predicted octanol–water partition coefficient (Wildman–Crippen LogP) is 6.44. The van der Waals surface area contributed by atoms with Gasteiger partial charge in [-0.05, 0) is 47.9 Å². The summed E-state index contributed by atoms with van der Waals surface area (Å²) in [6.07, 6.45) is 0. The molecule has 0 saturated carbocycles. The summed E-state index contributed by atoms with van der Waals surface area (Å²) in [6.45, 7) is 2.02. The molecule has 0 aliphatic rings. The molecule has 2 aromatic carbocycles. The molecule has 0 aliphatic carbocycles. The van der Waals surface area contributed by atoms with Crippen LogP contribution in [0.25, 0.3) is 0 Å². The Balaban J connectivity index is 2.40. The van der Waals surface area contributed by atoms with Crippen LogP contribution in [0.3, 0.4) is 0 Å². The van der Waals surface area contributed by atoms with E-state index in [0.29, 0.717) is 10.0 Å². The summed E-state index contributed by atoms with van der Waals surface area (Å²) in [7, 11) is 0. The van der Waals surface area contributed by atoms with Crippen molar-refractivity contribution in [3.8, 4) is 0 Å². The van der Waals surface area contributed by atoms with Gasteiger partial charge in [-0.3, -0.25) is 0 Å². The minimum Gasteiger partial charge on any atom is -0.0843 e. The van der Waals surface area contributed by atoms with Crippen molar-refractivity contribution in [2.45, 2.75) is 11.8 Å². The second-order valence-electron chi connectivity index (χ2n) is 4.10. The SMILES string of the molecule is Cc1cc(Cl)cc(C(Br)c2ccc(Cl)c(Cl)c2)c1. The third-order valence-electron chi connectivity index (χ3n) is 2.59. The minimum atomic E-state index is 0.0460. The Morgan fingerprint density at radius 2 is 1.61 bits per heavy atom. The van der Waals surface area contributed by atoms with Crippen molar-refractivity contribution in [3.63, 3.8) is 0 Å². The van der Waals surface area contributed by atoms with Crippen molar-refractivity contribution in [1.29, 1.82) is 0 Å². The third-order valence-corrected chi connectivity index (χ3v) is 4.61. The van der Waals surface area contributed by atoms with Crippen LogP contribution in [0, 0.1) is 6.92 Å². The lowest BCUT2D eigenvalue weighted by atomic mass is 10.0. The molecule has 1 atom stereocenters. The second-order valence-corrected chi connectivity index (χ2v) is 6.26. The van der Waals surface area contributed by atoms with Crippen LogP contribution in [0.1, 0.15) is 21.5 Å². The number of aryl methyl sites for hydroxylation is 1. The molecular weight excluding hydrogens is 354 g/mol. The van der Waals surface area contributed by atoms with Gasteiger partial charge in [-0.2, -0.15) is 0 Å². The summed E-state index contributed by atoms with van der Waals surface area (Å²) in [6, 6.07) is 11.6. The van der Waals surface area contributed by atoms with E-state index >= 15 is 0 Å². The van der Waals surface area contributed by atoms with Gasteiger partial charge in [0.15, 0.2) is 0 Å². The molecule has 2 aromatic rings. The summed E-state index contributed by atoms with van der Waals surface area (Å²) in [4.78, 5) is 0.0460. The summed E-state index contributed by atoms with van der Waals surface area (Å²) in [5, 5.41) is 1.84. The molecule has 0 radical (unpaired) electrons. The first-order chi connectivity index (χ1) is 8.47. The molecule has 94 valence electrons. The van der Waals surface area contributed by atoms with E-state index in [1.165, 1.54) is 0 Å². The van der Waals surface area contributed by atoms with Crippen LogP contribution in [0.5, 0.6) is 0 Å². The van der Waals surface area contributed by atoms with Gasteiger partial charge in [-0.1, -0.05) is 62.9 Å². The van der Waals surface area contributed by atoms with Crippen LogP contribution >= 0.6 is 50.7 Å². The monoisotopic (exact) mass is 362 g/mol. The number of halogens is 4. The number of hydrogen-bond acceptors (Lipinski definition) is 0. The lowest BCUT2D eigenvalue weighted by Gasteiger charge is -2.13. The standard InChI is InChI=1S/C14H10BrCl3/c1-8-4-10(6-11(16)5-8)14(15)9-2-3-12(17)13(18)7-9/h2-7,14H,1H3. The Morgan fingerprint density at radius 3 is 2.22 bits per heavy atom. The topological polar surface area (TPSA) is 0 Å². The lowest BCUT2D eigenvalue weighted by molar-refractivity contribution is 1.17. The number of benzene rings is 2. The lowest BCUT2D eigenvalue weighted by Crippen LogP contribution is -1.93. The highest BCUT2D eigenvalue weighted by Gasteiger charge is 2.12. The van der Waals surface area contributed by atoms with E-state index in [1.807, 2.05) is 31.2 Å². The maximum absolute atomic E-state index is 6.07. The normalized spacial score (nSPS) is 12.5. The molecule has 0 N–H and O–H groups in total. The molecule has 4 heteroatoms. The molecule has 0 fully saturated rings. The first-order valence-corrected chi connectivity index (χ1v) is 7.38. The molecule has 0 amide bonds. The molecule has 0 spiro atoms. The van der Waals surface area contributed by atoms with E-state index in [9.17, 15) is 0 Å². The first kappa shape index (κ1) is 14.2. The second kappa shape index (κ2) is 5.83. The van der Waals surface area contributed by atoms with Crippen LogP contribution in [0.4, 0.5) is 0 Å². The zero-order valence-corrected chi connectivity index (χ0v) is 13.4. The highest BCUT2D eigenvalue weighted by atomic mass is 79.9. The van der Waals surface area contributed by atoms with Gasteiger partial charge in [0.2, 0.25) is 0 Å². The van der Waals surface area contributed by atoms with Gasteiger partial charge < -0.3 is 0 Å². The first-order valence-electron chi connectivity index (χ1n) is 5.33. The van der Waals surface area contributed by atoms with E-state index in [0.717, 1.165) is 21.7 Å². The number of hydrogen-bond donors (Lipinski definition) is 0. The van der Waals surface area contributed by atoms with E-state index in [1.54, 1.807) is 6.07 Å². The average molecular weight is 364 g/mol. The van der Waals surface area contributed by atoms with Crippen molar-refractivity contribution in [3.05, 3.63) is 68.2 Å². The molecule has 0 nitrogen and oxygen atoms in total. The maximum Gasteiger partial charge on any atom is 0.0645 e. The Morgan fingerprint density at radius 1 is 0.889 bits per heavy atom. The fourth-order valence-corrected chi connectivity index (χ4v) is 2.93. The van der Waals surface area contributed by atoms with E-state index in [2.05, 4.69) is 22.0 Å². The molecule has 1 unspecified atom stereocenters. The van der Waals surface area contributed by atoms with Crippen molar-refractivity contribution in [2.24, 2.45) is 0 Å². The van der Waals surface area contributed by atoms with Crippen LogP contribution in [0.15, 0.2) is 36.4 Å². The van der Waals surface area contributed by atoms with Gasteiger partial charge >= 0.3 is 0 Å². The smallest absolute Gasteiger partial charge is 0.0645 e. The fraction of sp³-hybridized carbons (Fsp3) is 0.143. The molecule has 2 rings (SSSR count). The highest BCUT2D eigenvalue weighted by molar-refractivity contribution is 9.09. The maximum atomic E-state index is 6.07. The Kier molecular flexibility index (Phi) is 4.60. The Hall–Kier alpha value is -0.210. The largest absolute Gasteiger partial charge is 0.0843 e. The molecule has 0 bridgehead atoms. The van der Waals surface area contributed by atoms with Gasteiger partial charge in [-0.25, -0.2) is 0 Å². The van der Waals surface area contributed by atoms with Crippen molar-refractivity contribution >= 4 is 50.7 Å². The van der Waals surface area contributed by atoms with Crippen LogP contribution in [-0.4, -0.2) is 0 Å². The summed E-state index contributed by atoms with van der Waals surface area (Å²) >= 11 is 21.7. The van der Waals surface area contributed by atoms with E-state index in [4.69, 9.17) is 34.8 Å². The van der Waals surface area contributed by atoms with Crippen LogP contribution < -0.4 is 0 Å². The third kappa shape index (κ3) is 3.21. The molecule has 0 aliphatic heterocycles. The highest BCUT2D eigenvalue weighted by Crippen LogP contribution is 2.35. The molecule has 18 heavy (non-hydrogen) atoms. The zero-order valence-electron chi connectivity index (χ0n) is 9.55. The molecule has 0 heterocycles. The van der Waals surface area contributed by atoms with Crippen molar-refractivity contribution < 1.29 is 0 Å². The fourth-order valence-electron chi connectivity index (χ4n) is 1.77. The number of rotatable bonds is 2. The summed E-state index contributed by atoms with van der Waals surface area (Å²) < 4.78 is 0. The minimum absolute atomic E-state index is 0.0460. The van der Waals surface area contributed by atoms with Gasteiger partial charge in [-0.15, -0.1) is 0 Å². The van der Waals surface area contributed by atoms with E-state index in [-0.39, 0.29) is 4.83 Å². The van der Waals surface area contributed by atoms with Gasteiger partial charge in [0.05, 0.1) is 14.9 Å². The quantitative estimate of drug-likeness (QED) is 0.538. The van der Waals surface area contributed by atoms with Crippen LogP contribution in [-0.2, 0) is 0 Å². The summed E-state index contributed by atoms with van der Waals surface area (Å²) in [5.41, 5.74) is 3.27. The molecular formula is C14H10BrCl3. The van der Waals surface area contributed by atoms with E-state index < -0.39 is 0 Å².